The van der Waals surface area contributed by atoms with Crippen molar-refractivity contribution >= 4 is 5.69 Å². The minimum Gasteiger partial charge on any atom is -0.396 e. The monoisotopic (exact) mass is 219 g/mol. The number of rotatable bonds is 2. The zero-order valence-electron chi connectivity index (χ0n) is 8.43. The Kier molecular flexibility index (Phi) is 2.68. The molecule has 0 spiro atoms. The Balaban J connectivity index is 2.31. The van der Waals surface area contributed by atoms with Gasteiger partial charge in [0.1, 0.15) is 5.82 Å². The second-order valence-electron chi connectivity index (χ2n) is 3.40. The molecule has 1 aromatic carbocycles. The summed E-state index contributed by atoms with van der Waals surface area (Å²) in [5.74, 6) is -0.477. The van der Waals surface area contributed by atoms with Gasteiger partial charge < -0.3 is 5.73 Å². The van der Waals surface area contributed by atoms with Crippen LogP contribution in [0.1, 0.15) is 5.56 Å². The Labute approximate surface area is 91.2 Å². The Morgan fingerprint density at radius 1 is 1.38 bits per heavy atom. The van der Waals surface area contributed by atoms with E-state index in [-0.39, 0.29) is 17.8 Å². The zero-order valence-corrected chi connectivity index (χ0v) is 8.43. The van der Waals surface area contributed by atoms with Crippen molar-refractivity contribution in [2.75, 3.05) is 5.73 Å². The Hall–Kier alpha value is -2.17. The Morgan fingerprint density at radius 3 is 2.88 bits per heavy atom. The van der Waals surface area contributed by atoms with E-state index in [9.17, 15) is 9.18 Å². The predicted molar refractivity (Wildman–Crippen MR) is 58.4 cm³/mol. The molecule has 0 unspecified atom stereocenters. The number of halogens is 1. The number of aromatic nitrogens is 2. The van der Waals surface area contributed by atoms with Gasteiger partial charge in [0, 0.05) is 12.3 Å². The number of nitrogens with two attached hydrogens (primary N) is 1. The second kappa shape index (κ2) is 4.14. The molecule has 1 heterocycles. The first-order valence-corrected chi connectivity index (χ1v) is 4.71. The lowest BCUT2D eigenvalue weighted by Gasteiger charge is -2.05. The van der Waals surface area contributed by atoms with E-state index in [0.717, 1.165) is 0 Å². The van der Waals surface area contributed by atoms with Crippen molar-refractivity contribution in [1.82, 2.24) is 9.55 Å². The molecule has 2 N–H and O–H groups in total. The minimum absolute atomic E-state index is 0.0993. The summed E-state index contributed by atoms with van der Waals surface area (Å²) in [4.78, 5) is 15.2. The van der Waals surface area contributed by atoms with Crippen LogP contribution in [0.4, 0.5) is 10.1 Å². The van der Waals surface area contributed by atoms with Crippen LogP contribution in [-0.2, 0) is 6.54 Å². The van der Waals surface area contributed by atoms with Gasteiger partial charge in [-0.25, -0.2) is 9.37 Å². The smallest absolute Gasteiger partial charge is 0.253 e. The summed E-state index contributed by atoms with van der Waals surface area (Å²) in [6.07, 6.45) is 2.83. The number of benzene rings is 1. The van der Waals surface area contributed by atoms with E-state index in [1.165, 1.54) is 35.3 Å². The van der Waals surface area contributed by atoms with Gasteiger partial charge in [0.25, 0.3) is 5.56 Å². The molecule has 0 fully saturated rings. The normalized spacial score (nSPS) is 10.3. The number of hydrogen-bond donors (Lipinski definition) is 1. The van der Waals surface area contributed by atoms with Crippen molar-refractivity contribution in [3.8, 4) is 0 Å². The van der Waals surface area contributed by atoms with E-state index in [2.05, 4.69) is 4.98 Å². The highest BCUT2D eigenvalue weighted by molar-refractivity contribution is 5.41. The Bertz CT molecular complexity index is 565. The van der Waals surface area contributed by atoms with Crippen molar-refractivity contribution in [3.05, 3.63) is 58.5 Å². The lowest BCUT2D eigenvalue weighted by atomic mass is 10.2. The highest BCUT2D eigenvalue weighted by atomic mass is 19.1. The fraction of sp³-hybridized carbons (Fsp3) is 0.0909. The highest BCUT2D eigenvalue weighted by Gasteiger charge is 2.01. The van der Waals surface area contributed by atoms with Crippen LogP contribution >= 0.6 is 0 Å². The summed E-state index contributed by atoms with van der Waals surface area (Å²) in [5, 5.41) is 0. The van der Waals surface area contributed by atoms with Crippen LogP contribution in [0.15, 0.2) is 41.6 Å². The standard InChI is InChI=1S/C11H10FN3O/c12-9-5-8(1-2-10(9)13)6-15-7-14-4-3-11(15)16/h1-5,7H,6,13H2. The van der Waals surface area contributed by atoms with Gasteiger partial charge in [0.15, 0.2) is 0 Å². The van der Waals surface area contributed by atoms with Gasteiger partial charge in [-0.3, -0.25) is 9.36 Å². The summed E-state index contributed by atoms with van der Waals surface area (Å²) in [6, 6.07) is 5.83. The molecule has 0 bridgehead atoms. The van der Waals surface area contributed by atoms with Crippen LogP contribution in [0, 0.1) is 5.82 Å². The van der Waals surface area contributed by atoms with Crippen molar-refractivity contribution in [3.63, 3.8) is 0 Å². The summed E-state index contributed by atoms with van der Waals surface area (Å²) >= 11 is 0. The average Bonchev–Trinajstić information content (AvgIpc) is 2.27. The van der Waals surface area contributed by atoms with Gasteiger partial charge in [-0.15, -0.1) is 0 Å². The quantitative estimate of drug-likeness (QED) is 0.767. The largest absolute Gasteiger partial charge is 0.396 e. The third kappa shape index (κ3) is 2.08. The van der Waals surface area contributed by atoms with Gasteiger partial charge in [-0.05, 0) is 17.7 Å². The van der Waals surface area contributed by atoms with Crippen LogP contribution in [0.5, 0.6) is 0 Å². The van der Waals surface area contributed by atoms with Crippen LogP contribution < -0.4 is 11.3 Å². The van der Waals surface area contributed by atoms with E-state index < -0.39 is 5.82 Å². The molecule has 0 aliphatic heterocycles. The van der Waals surface area contributed by atoms with Gasteiger partial charge in [0.05, 0.1) is 18.6 Å². The fourth-order valence-corrected chi connectivity index (χ4v) is 1.36. The molecule has 0 radical (unpaired) electrons. The lowest BCUT2D eigenvalue weighted by molar-refractivity contribution is 0.627. The first-order valence-electron chi connectivity index (χ1n) is 4.71. The van der Waals surface area contributed by atoms with Gasteiger partial charge in [0.2, 0.25) is 0 Å². The van der Waals surface area contributed by atoms with Crippen LogP contribution in [0.2, 0.25) is 0 Å². The van der Waals surface area contributed by atoms with Crippen LogP contribution in [0.3, 0.4) is 0 Å². The molecule has 5 heteroatoms. The molecule has 0 saturated heterocycles. The van der Waals surface area contributed by atoms with Crippen molar-refractivity contribution in [2.24, 2.45) is 0 Å². The molecule has 2 aromatic rings. The SMILES string of the molecule is Nc1ccc(Cn2cnccc2=O)cc1F. The van der Waals surface area contributed by atoms with Gasteiger partial charge >= 0.3 is 0 Å². The van der Waals surface area contributed by atoms with E-state index in [0.29, 0.717) is 5.56 Å². The molecular weight excluding hydrogens is 209 g/mol. The molecule has 82 valence electrons. The molecular formula is C11H10FN3O. The molecule has 4 nitrogen and oxygen atoms in total. The highest BCUT2D eigenvalue weighted by Crippen LogP contribution is 2.12. The van der Waals surface area contributed by atoms with Gasteiger partial charge in [-0.1, -0.05) is 6.07 Å². The summed E-state index contributed by atoms with van der Waals surface area (Å²) in [6.45, 7) is 0.282. The first-order chi connectivity index (χ1) is 7.66. The molecule has 0 aliphatic carbocycles. The van der Waals surface area contributed by atoms with Crippen molar-refractivity contribution in [1.29, 1.82) is 0 Å². The molecule has 0 aliphatic rings. The van der Waals surface area contributed by atoms with E-state index in [1.807, 2.05) is 0 Å². The number of anilines is 1. The first kappa shape index (κ1) is 10.4. The second-order valence-corrected chi connectivity index (χ2v) is 3.40. The zero-order chi connectivity index (χ0) is 11.5. The number of nitrogen functional groups attached to an aromatic ring is 1. The van der Waals surface area contributed by atoms with Gasteiger partial charge in [-0.2, -0.15) is 0 Å². The van der Waals surface area contributed by atoms with E-state index >= 15 is 0 Å². The maximum absolute atomic E-state index is 13.2. The third-order valence-electron chi connectivity index (χ3n) is 2.21. The Morgan fingerprint density at radius 2 is 2.19 bits per heavy atom. The molecule has 0 atom stereocenters. The summed E-state index contributed by atoms with van der Waals surface area (Å²) < 4.78 is 14.5. The fourth-order valence-electron chi connectivity index (χ4n) is 1.36. The summed E-state index contributed by atoms with van der Waals surface area (Å²) in [7, 11) is 0. The number of nitrogens with zero attached hydrogens (tertiary/aromatic N) is 2. The topological polar surface area (TPSA) is 60.9 Å². The lowest BCUT2D eigenvalue weighted by Crippen LogP contribution is -2.19. The summed E-state index contributed by atoms with van der Waals surface area (Å²) in [5.41, 5.74) is 5.95. The van der Waals surface area contributed by atoms with Crippen LogP contribution in [0.25, 0.3) is 0 Å². The van der Waals surface area contributed by atoms with E-state index in [1.54, 1.807) is 6.07 Å². The molecule has 1 aromatic heterocycles. The molecule has 2 rings (SSSR count). The molecule has 0 amide bonds. The van der Waals surface area contributed by atoms with Crippen molar-refractivity contribution < 1.29 is 4.39 Å². The predicted octanol–water partition coefficient (Wildman–Crippen LogP) is 1.01. The maximum atomic E-state index is 13.2. The van der Waals surface area contributed by atoms with E-state index in [4.69, 9.17) is 5.73 Å². The average molecular weight is 219 g/mol. The maximum Gasteiger partial charge on any atom is 0.253 e. The van der Waals surface area contributed by atoms with Crippen molar-refractivity contribution in [2.45, 2.75) is 6.54 Å². The third-order valence-corrected chi connectivity index (χ3v) is 2.21. The molecule has 16 heavy (non-hydrogen) atoms. The molecule has 0 saturated carbocycles. The number of hydrogen-bond acceptors (Lipinski definition) is 3. The van der Waals surface area contributed by atoms with Crippen LogP contribution in [-0.4, -0.2) is 9.55 Å². The minimum atomic E-state index is -0.477.